The Morgan fingerprint density at radius 1 is 1.32 bits per heavy atom. The minimum atomic E-state index is -2.87. The zero-order valence-electron chi connectivity index (χ0n) is 16.0. The van der Waals surface area contributed by atoms with Crippen molar-refractivity contribution in [3.05, 3.63) is 24.0 Å². The zero-order valence-corrected chi connectivity index (χ0v) is 16.8. The molecule has 3 heterocycles. The van der Waals surface area contributed by atoms with Gasteiger partial charge in [0.2, 0.25) is 5.91 Å². The van der Waals surface area contributed by atoms with E-state index in [9.17, 15) is 13.2 Å². The molecule has 2 aromatic rings. The zero-order chi connectivity index (χ0) is 19.7. The summed E-state index contributed by atoms with van der Waals surface area (Å²) in [6.45, 7) is 1.92. The number of ether oxygens (including phenoxy) is 1. The molecule has 0 unspecified atom stereocenters. The number of carbonyl (C=O) groups excluding carboxylic acids is 1. The third kappa shape index (κ3) is 4.15. The van der Waals surface area contributed by atoms with E-state index in [2.05, 4.69) is 20.2 Å². The molecule has 4 rings (SSSR count). The van der Waals surface area contributed by atoms with Crippen molar-refractivity contribution in [2.75, 3.05) is 31.7 Å². The highest BCUT2D eigenvalue weighted by Gasteiger charge is 2.35. The quantitative estimate of drug-likeness (QED) is 0.770. The van der Waals surface area contributed by atoms with E-state index in [-0.39, 0.29) is 23.6 Å². The van der Waals surface area contributed by atoms with Crippen LogP contribution >= 0.6 is 0 Å². The summed E-state index contributed by atoms with van der Waals surface area (Å²) in [5, 5.41) is 2.98. The van der Waals surface area contributed by atoms with Gasteiger partial charge in [0.05, 0.1) is 36.2 Å². The van der Waals surface area contributed by atoms with Gasteiger partial charge in [-0.3, -0.25) is 9.69 Å². The first-order valence-corrected chi connectivity index (χ1v) is 11.5. The predicted octanol–water partition coefficient (Wildman–Crippen LogP) is 1.09. The summed E-state index contributed by atoms with van der Waals surface area (Å²) in [4.78, 5) is 22.5. The van der Waals surface area contributed by atoms with Gasteiger partial charge in [-0.2, -0.15) is 0 Å². The fourth-order valence-electron chi connectivity index (χ4n) is 4.16. The first kappa shape index (κ1) is 19.2. The number of nitrogens with zero attached hydrogens (tertiary/aromatic N) is 2. The lowest BCUT2D eigenvalue weighted by Gasteiger charge is -2.34. The number of H-pyrrole nitrogens is 1. The van der Waals surface area contributed by atoms with Crippen molar-refractivity contribution in [2.45, 2.75) is 31.8 Å². The number of methoxy groups -OCH3 is 1. The lowest BCUT2D eigenvalue weighted by Crippen LogP contribution is -2.45. The summed E-state index contributed by atoms with van der Waals surface area (Å²) in [5.41, 5.74) is 1.72. The molecular weight excluding hydrogens is 380 g/mol. The molecule has 28 heavy (non-hydrogen) atoms. The van der Waals surface area contributed by atoms with Gasteiger partial charge in [0.25, 0.3) is 0 Å². The van der Waals surface area contributed by atoms with Gasteiger partial charge in [-0.1, -0.05) is 0 Å². The van der Waals surface area contributed by atoms with Crippen LogP contribution in [0.2, 0.25) is 0 Å². The van der Waals surface area contributed by atoms with E-state index in [4.69, 9.17) is 4.74 Å². The normalized spacial score (nSPS) is 23.1. The molecule has 2 aliphatic rings. The third-order valence-electron chi connectivity index (χ3n) is 5.79. The monoisotopic (exact) mass is 406 g/mol. The standard InChI is InChI=1S/C19H26N4O4S/c1-27-15-2-3-16-17(10-15)22-18(21-16)11-20-19(24)13-4-7-23(8-5-13)14-6-9-28(25,26)12-14/h2-3,10,13-14H,4-9,11-12H2,1H3,(H,20,24)(H,21,22)/t14-/m1/s1. The lowest BCUT2D eigenvalue weighted by molar-refractivity contribution is -0.126. The van der Waals surface area contributed by atoms with Crippen LogP contribution in [0.5, 0.6) is 5.75 Å². The van der Waals surface area contributed by atoms with Gasteiger partial charge >= 0.3 is 0 Å². The predicted molar refractivity (Wildman–Crippen MR) is 106 cm³/mol. The Hall–Kier alpha value is -2.13. The van der Waals surface area contributed by atoms with E-state index < -0.39 is 9.84 Å². The number of likely N-dealkylation sites (tertiary alicyclic amines) is 1. The maximum atomic E-state index is 12.5. The first-order valence-electron chi connectivity index (χ1n) is 9.68. The third-order valence-corrected chi connectivity index (χ3v) is 7.54. The highest BCUT2D eigenvalue weighted by molar-refractivity contribution is 7.91. The van der Waals surface area contributed by atoms with Crippen LogP contribution in [-0.2, 0) is 21.2 Å². The van der Waals surface area contributed by atoms with E-state index in [1.54, 1.807) is 7.11 Å². The average Bonchev–Trinajstić information content (AvgIpc) is 3.27. The number of hydrogen-bond donors (Lipinski definition) is 2. The van der Waals surface area contributed by atoms with Crippen LogP contribution in [0.25, 0.3) is 11.0 Å². The largest absolute Gasteiger partial charge is 0.497 e. The van der Waals surface area contributed by atoms with Crippen molar-refractivity contribution >= 4 is 26.8 Å². The number of benzene rings is 1. The van der Waals surface area contributed by atoms with Gasteiger partial charge in [-0.25, -0.2) is 13.4 Å². The maximum Gasteiger partial charge on any atom is 0.223 e. The number of sulfone groups is 1. The molecule has 2 saturated heterocycles. The number of amides is 1. The number of carbonyl (C=O) groups is 1. The second-order valence-corrected chi connectivity index (χ2v) is 9.88. The number of piperidine rings is 1. The van der Waals surface area contributed by atoms with E-state index in [1.807, 2.05) is 18.2 Å². The van der Waals surface area contributed by atoms with E-state index in [1.165, 1.54) is 0 Å². The summed E-state index contributed by atoms with van der Waals surface area (Å²) >= 11 is 0. The van der Waals surface area contributed by atoms with Crippen molar-refractivity contribution in [3.8, 4) is 5.75 Å². The number of imidazole rings is 1. The molecule has 2 N–H and O–H groups in total. The maximum absolute atomic E-state index is 12.5. The molecule has 1 amide bonds. The van der Waals surface area contributed by atoms with Crippen LogP contribution in [-0.4, -0.2) is 66.9 Å². The van der Waals surface area contributed by atoms with Crippen LogP contribution < -0.4 is 10.1 Å². The first-order chi connectivity index (χ1) is 13.4. The van der Waals surface area contributed by atoms with Crippen LogP contribution in [0, 0.1) is 5.92 Å². The van der Waals surface area contributed by atoms with Gasteiger partial charge in [0.15, 0.2) is 9.84 Å². The highest BCUT2D eigenvalue weighted by Crippen LogP contribution is 2.25. The minimum absolute atomic E-state index is 0.0290. The number of fused-ring (bicyclic) bond motifs is 1. The van der Waals surface area contributed by atoms with Crippen molar-refractivity contribution in [2.24, 2.45) is 5.92 Å². The fourth-order valence-corrected chi connectivity index (χ4v) is 5.92. The molecule has 0 radical (unpaired) electrons. The second kappa shape index (κ2) is 7.71. The van der Waals surface area contributed by atoms with Crippen molar-refractivity contribution in [3.63, 3.8) is 0 Å². The number of aromatic amines is 1. The van der Waals surface area contributed by atoms with Gasteiger partial charge in [-0.05, 0) is 44.5 Å². The van der Waals surface area contributed by atoms with E-state index in [0.717, 1.165) is 49.1 Å². The summed E-state index contributed by atoms with van der Waals surface area (Å²) < 4.78 is 28.6. The summed E-state index contributed by atoms with van der Waals surface area (Å²) in [5.74, 6) is 2.04. The number of hydrogen-bond acceptors (Lipinski definition) is 6. The fraction of sp³-hybridized carbons (Fsp3) is 0.579. The molecule has 0 saturated carbocycles. The summed E-state index contributed by atoms with van der Waals surface area (Å²) in [6.07, 6.45) is 2.25. The molecule has 1 atom stereocenters. The van der Waals surface area contributed by atoms with Gasteiger partial charge in [0.1, 0.15) is 11.6 Å². The minimum Gasteiger partial charge on any atom is -0.497 e. The van der Waals surface area contributed by atoms with Crippen molar-refractivity contribution < 1.29 is 17.9 Å². The van der Waals surface area contributed by atoms with Crippen molar-refractivity contribution in [1.82, 2.24) is 20.2 Å². The molecule has 1 aromatic carbocycles. The summed E-state index contributed by atoms with van der Waals surface area (Å²) in [6, 6.07) is 5.75. The highest BCUT2D eigenvalue weighted by atomic mass is 32.2. The Labute approximate surface area is 164 Å². The van der Waals surface area contributed by atoms with Gasteiger partial charge in [-0.15, -0.1) is 0 Å². The van der Waals surface area contributed by atoms with Gasteiger partial charge < -0.3 is 15.0 Å². The number of rotatable bonds is 5. The topological polar surface area (TPSA) is 104 Å². The Morgan fingerprint density at radius 3 is 2.79 bits per heavy atom. The molecule has 1 aromatic heterocycles. The second-order valence-electron chi connectivity index (χ2n) is 7.65. The van der Waals surface area contributed by atoms with Gasteiger partial charge in [0, 0.05) is 18.0 Å². The molecule has 0 spiro atoms. The van der Waals surface area contributed by atoms with Crippen LogP contribution in [0.3, 0.4) is 0 Å². The Bertz CT molecular complexity index is 963. The molecule has 2 aliphatic heterocycles. The van der Waals surface area contributed by atoms with Crippen LogP contribution in [0.1, 0.15) is 25.1 Å². The van der Waals surface area contributed by atoms with Crippen molar-refractivity contribution in [1.29, 1.82) is 0 Å². The van der Waals surface area contributed by atoms with E-state index >= 15 is 0 Å². The summed E-state index contributed by atoms with van der Waals surface area (Å²) in [7, 11) is -1.25. The Morgan fingerprint density at radius 2 is 2.11 bits per heavy atom. The molecular formula is C19H26N4O4S. The molecule has 8 nitrogen and oxygen atoms in total. The Balaban J connectivity index is 1.28. The number of aromatic nitrogens is 2. The van der Waals surface area contributed by atoms with Crippen LogP contribution in [0.15, 0.2) is 18.2 Å². The molecule has 2 fully saturated rings. The smallest absolute Gasteiger partial charge is 0.223 e. The molecule has 9 heteroatoms. The van der Waals surface area contributed by atoms with E-state index in [0.29, 0.717) is 18.1 Å². The molecule has 0 aliphatic carbocycles. The molecule has 152 valence electrons. The SMILES string of the molecule is COc1ccc2nc(CNC(=O)C3CCN([C@@H]4CCS(=O)(=O)C4)CC3)[nH]c2c1. The average molecular weight is 407 g/mol. The Kier molecular flexibility index (Phi) is 5.29. The number of nitrogens with one attached hydrogen (secondary N) is 2. The van der Waals surface area contributed by atoms with Crippen LogP contribution in [0.4, 0.5) is 0 Å². The molecule has 0 bridgehead atoms. The lowest BCUT2D eigenvalue weighted by atomic mass is 9.94.